The third-order valence-electron chi connectivity index (χ3n) is 3.20. The predicted molar refractivity (Wildman–Crippen MR) is 98.8 cm³/mol. The fourth-order valence-electron chi connectivity index (χ4n) is 1.87. The maximum Gasteiger partial charge on any atom is 0.206 e. The Kier molecular flexibility index (Phi) is 5.96. The molecule has 23 heavy (non-hydrogen) atoms. The van der Waals surface area contributed by atoms with Crippen LogP contribution in [0.3, 0.4) is 0 Å². The van der Waals surface area contributed by atoms with Crippen LogP contribution in [0.4, 0.5) is 5.13 Å². The summed E-state index contributed by atoms with van der Waals surface area (Å²) in [6.45, 7) is 10.8. The molecule has 0 bridgehead atoms. The second-order valence-corrected chi connectivity index (χ2v) is 8.28. The largest absolute Gasteiger partial charge is 0.357 e. The van der Waals surface area contributed by atoms with Gasteiger partial charge in [-0.1, -0.05) is 74.2 Å². The molecule has 0 aliphatic heterocycles. The average molecular weight is 348 g/mol. The van der Waals surface area contributed by atoms with Crippen LogP contribution in [0.5, 0.6) is 0 Å². The molecular formula is C17H21N3OS2. The highest BCUT2D eigenvalue weighted by Gasteiger charge is 2.15. The van der Waals surface area contributed by atoms with Crippen molar-refractivity contribution in [1.82, 2.24) is 10.2 Å². The fraction of sp³-hybridized carbons (Fsp3) is 0.353. The second kappa shape index (κ2) is 7.75. The summed E-state index contributed by atoms with van der Waals surface area (Å²) in [5, 5.41) is 11.9. The number of hydrogen-bond acceptors (Lipinski definition) is 6. The van der Waals surface area contributed by atoms with Gasteiger partial charge in [-0.2, -0.15) is 0 Å². The number of hydrogen-bond donors (Lipinski definition) is 1. The van der Waals surface area contributed by atoms with Gasteiger partial charge in [0.15, 0.2) is 10.1 Å². The molecule has 122 valence electrons. The lowest BCUT2D eigenvalue weighted by Gasteiger charge is -2.18. The Morgan fingerprint density at radius 2 is 2.00 bits per heavy atom. The number of rotatable bonds is 7. The number of nitrogens with one attached hydrogen (secondary N) is 1. The van der Waals surface area contributed by atoms with E-state index in [-0.39, 0.29) is 11.2 Å². The van der Waals surface area contributed by atoms with Gasteiger partial charge in [-0.25, -0.2) is 0 Å². The van der Waals surface area contributed by atoms with Gasteiger partial charge in [0, 0.05) is 12.1 Å². The van der Waals surface area contributed by atoms with Crippen molar-refractivity contribution in [1.29, 1.82) is 0 Å². The number of nitrogens with zero attached hydrogens (tertiary/aromatic N) is 2. The van der Waals surface area contributed by atoms with E-state index in [9.17, 15) is 4.79 Å². The van der Waals surface area contributed by atoms with E-state index in [1.54, 1.807) is 6.08 Å². The van der Waals surface area contributed by atoms with Gasteiger partial charge in [-0.05, 0) is 11.0 Å². The minimum atomic E-state index is 0.0950. The molecule has 0 atom stereocenters. The molecule has 1 aromatic heterocycles. The van der Waals surface area contributed by atoms with Crippen molar-refractivity contribution in [3.05, 3.63) is 48.0 Å². The highest BCUT2D eigenvalue weighted by Crippen LogP contribution is 2.27. The van der Waals surface area contributed by atoms with Crippen molar-refractivity contribution in [3.8, 4) is 0 Å². The van der Waals surface area contributed by atoms with Crippen molar-refractivity contribution >= 4 is 34.0 Å². The Hall–Kier alpha value is -1.66. The van der Waals surface area contributed by atoms with Gasteiger partial charge in [0.25, 0.3) is 0 Å². The number of carbonyl (C=O) groups is 1. The monoisotopic (exact) mass is 347 g/mol. The van der Waals surface area contributed by atoms with Gasteiger partial charge < -0.3 is 5.32 Å². The predicted octanol–water partition coefficient (Wildman–Crippen LogP) is 4.41. The first-order chi connectivity index (χ1) is 10.9. The maximum atomic E-state index is 12.3. The molecule has 2 aromatic rings. The van der Waals surface area contributed by atoms with Crippen molar-refractivity contribution in [3.63, 3.8) is 0 Å². The molecule has 1 N–H and O–H groups in total. The Morgan fingerprint density at radius 3 is 2.61 bits per heavy atom. The minimum absolute atomic E-state index is 0.0950. The smallest absolute Gasteiger partial charge is 0.206 e. The van der Waals surface area contributed by atoms with Crippen molar-refractivity contribution < 1.29 is 4.79 Å². The topological polar surface area (TPSA) is 54.9 Å². The quantitative estimate of drug-likeness (QED) is 0.457. The molecular weight excluding hydrogens is 326 g/mol. The molecule has 0 spiro atoms. The summed E-state index contributed by atoms with van der Waals surface area (Å²) in [7, 11) is 0. The molecule has 0 saturated carbocycles. The zero-order valence-electron chi connectivity index (χ0n) is 13.6. The van der Waals surface area contributed by atoms with E-state index in [0.717, 1.165) is 15.0 Å². The number of benzene rings is 1. The lowest BCUT2D eigenvalue weighted by molar-refractivity contribution is 0.102. The summed E-state index contributed by atoms with van der Waals surface area (Å²) in [6, 6.07) is 7.86. The highest BCUT2D eigenvalue weighted by molar-refractivity contribution is 8.01. The molecule has 0 radical (unpaired) electrons. The van der Waals surface area contributed by atoms with Gasteiger partial charge in [-0.15, -0.1) is 16.8 Å². The number of aromatic nitrogens is 2. The van der Waals surface area contributed by atoms with E-state index in [2.05, 4.69) is 42.9 Å². The van der Waals surface area contributed by atoms with Crippen LogP contribution >= 0.6 is 23.1 Å². The van der Waals surface area contributed by atoms with Gasteiger partial charge in [0.05, 0.1) is 5.75 Å². The Labute approximate surface area is 145 Å². The van der Waals surface area contributed by atoms with Crippen LogP contribution in [0.1, 0.15) is 36.7 Å². The molecule has 0 saturated heterocycles. The molecule has 1 aromatic carbocycles. The molecule has 0 aliphatic carbocycles. The Bertz CT molecular complexity index is 672. The van der Waals surface area contributed by atoms with Crippen LogP contribution < -0.4 is 5.32 Å². The van der Waals surface area contributed by atoms with Gasteiger partial charge >= 0.3 is 0 Å². The Morgan fingerprint density at radius 1 is 1.30 bits per heavy atom. The van der Waals surface area contributed by atoms with E-state index in [4.69, 9.17) is 0 Å². The lowest BCUT2D eigenvalue weighted by Crippen LogP contribution is -2.11. The maximum absolute atomic E-state index is 12.3. The standard InChI is InChI=1S/C17H21N3OS2/c1-5-10-18-15-19-20-16(23-15)22-11-14(21)12-6-8-13(9-7-12)17(2,3)4/h5-9H,1,10-11H2,2-4H3,(H,18,19). The summed E-state index contributed by atoms with van der Waals surface area (Å²) < 4.78 is 0.788. The molecule has 4 nitrogen and oxygen atoms in total. The average Bonchev–Trinajstić information content (AvgIpc) is 2.98. The van der Waals surface area contributed by atoms with Crippen LogP contribution in [-0.2, 0) is 5.41 Å². The second-order valence-electron chi connectivity index (χ2n) is 6.08. The summed E-state index contributed by atoms with van der Waals surface area (Å²) in [5.41, 5.74) is 2.06. The van der Waals surface area contributed by atoms with Crippen LogP contribution in [-0.4, -0.2) is 28.3 Å². The number of ketones is 1. The Balaban J connectivity index is 1.91. The van der Waals surface area contributed by atoms with E-state index < -0.39 is 0 Å². The first-order valence-electron chi connectivity index (χ1n) is 7.35. The third kappa shape index (κ3) is 5.18. The summed E-state index contributed by atoms with van der Waals surface area (Å²) in [6.07, 6.45) is 1.76. The molecule has 0 unspecified atom stereocenters. The first-order valence-corrected chi connectivity index (χ1v) is 9.15. The first kappa shape index (κ1) is 17.7. The zero-order chi connectivity index (χ0) is 16.9. The fourth-order valence-corrected chi connectivity index (χ4v) is 3.52. The van der Waals surface area contributed by atoms with Crippen molar-refractivity contribution in [2.24, 2.45) is 0 Å². The normalized spacial score (nSPS) is 11.3. The number of Topliss-reactive ketones (excluding diaryl/α,β-unsaturated/α-hetero) is 1. The van der Waals surface area contributed by atoms with Crippen LogP contribution in [0.2, 0.25) is 0 Å². The molecule has 6 heteroatoms. The summed E-state index contributed by atoms with van der Waals surface area (Å²) in [5.74, 6) is 0.469. The van der Waals surface area contributed by atoms with E-state index >= 15 is 0 Å². The van der Waals surface area contributed by atoms with E-state index in [1.807, 2.05) is 24.3 Å². The molecule has 0 amide bonds. The van der Waals surface area contributed by atoms with E-state index in [1.165, 1.54) is 28.7 Å². The number of carbonyl (C=O) groups excluding carboxylic acids is 1. The van der Waals surface area contributed by atoms with Crippen LogP contribution in [0.15, 0.2) is 41.3 Å². The highest BCUT2D eigenvalue weighted by atomic mass is 32.2. The number of anilines is 1. The van der Waals surface area contributed by atoms with Crippen LogP contribution in [0.25, 0.3) is 0 Å². The van der Waals surface area contributed by atoms with Gasteiger partial charge in [0.2, 0.25) is 5.13 Å². The summed E-state index contributed by atoms with van der Waals surface area (Å²) >= 11 is 2.86. The third-order valence-corrected chi connectivity index (χ3v) is 5.22. The summed E-state index contributed by atoms with van der Waals surface area (Å²) in [4.78, 5) is 12.3. The minimum Gasteiger partial charge on any atom is -0.357 e. The van der Waals surface area contributed by atoms with Crippen molar-refractivity contribution in [2.45, 2.75) is 30.5 Å². The lowest BCUT2D eigenvalue weighted by atomic mass is 9.86. The SMILES string of the molecule is C=CCNc1nnc(SCC(=O)c2ccc(C(C)(C)C)cc2)s1. The molecule has 2 rings (SSSR count). The molecule has 0 aliphatic rings. The molecule has 1 heterocycles. The van der Waals surface area contributed by atoms with Gasteiger partial charge in [0.1, 0.15) is 0 Å². The van der Waals surface area contributed by atoms with Crippen molar-refractivity contribution in [2.75, 3.05) is 17.6 Å². The molecule has 0 fully saturated rings. The van der Waals surface area contributed by atoms with Crippen LogP contribution in [0, 0.1) is 0 Å². The number of thioether (sulfide) groups is 1. The van der Waals surface area contributed by atoms with E-state index in [0.29, 0.717) is 12.3 Å². The van der Waals surface area contributed by atoms with Gasteiger partial charge in [-0.3, -0.25) is 4.79 Å². The zero-order valence-corrected chi connectivity index (χ0v) is 15.3.